The van der Waals surface area contributed by atoms with Crippen molar-refractivity contribution in [2.75, 3.05) is 13.2 Å². The van der Waals surface area contributed by atoms with Gasteiger partial charge in [-0.1, -0.05) is 56.0 Å². The number of ether oxygens (including phenoxy) is 4. The number of aliphatic hydroxyl groups excluding tert-OH is 2. The summed E-state index contributed by atoms with van der Waals surface area (Å²) >= 11 is 0. The molecule has 0 saturated carbocycles. The van der Waals surface area contributed by atoms with Crippen LogP contribution in [-0.4, -0.2) is 74.1 Å². The molecule has 1 aliphatic heterocycles. The van der Waals surface area contributed by atoms with E-state index in [4.69, 9.17) is 18.9 Å². The molecule has 0 amide bonds. The Labute approximate surface area is 200 Å². The first-order chi connectivity index (χ1) is 16.2. The Morgan fingerprint density at radius 1 is 0.882 bits per heavy atom. The predicted molar refractivity (Wildman–Crippen MR) is 127 cm³/mol. The summed E-state index contributed by atoms with van der Waals surface area (Å²) in [4.78, 5) is 25.0. The molecule has 0 radical (unpaired) electrons. The Balaban J connectivity index is 1.71. The topological polar surface area (TPSA) is 112 Å². The van der Waals surface area contributed by atoms with E-state index in [1.165, 1.54) is 0 Å². The van der Waals surface area contributed by atoms with Crippen LogP contribution in [0.2, 0.25) is 25.7 Å². The number of carbonyl (C=O) groups excluding carboxylic acids is 2. The number of aliphatic hydroxyl groups is 2. The van der Waals surface area contributed by atoms with Gasteiger partial charge in [-0.2, -0.15) is 0 Å². The zero-order valence-corrected chi connectivity index (χ0v) is 20.6. The van der Waals surface area contributed by atoms with E-state index in [9.17, 15) is 19.8 Å². The maximum atomic E-state index is 12.6. The molecular weight excluding hydrogens is 456 g/mol. The van der Waals surface area contributed by atoms with Gasteiger partial charge in [0.25, 0.3) is 0 Å². The summed E-state index contributed by atoms with van der Waals surface area (Å²) in [5.41, 5.74) is 0.625. The fourth-order valence-electron chi connectivity index (χ4n) is 3.38. The Morgan fingerprint density at radius 2 is 1.44 bits per heavy atom. The highest BCUT2D eigenvalue weighted by atomic mass is 28.3. The average molecular weight is 489 g/mol. The minimum atomic E-state index is -1.44. The molecule has 2 aromatic carbocycles. The summed E-state index contributed by atoms with van der Waals surface area (Å²) in [7, 11) is -1.42. The van der Waals surface area contributed by atoms with Crippen LogP contribution in [0.4, 0.5) is 0 Å². The SMILES string of the molecule is C[Si](C)(C)CCO[C@@H]1OC(COC(=O)c2ccccc2)[C@H](O)[C@H](OC(=O)c2ccccc2)C1O. The summed E-state index contributed by atoms with van der Waals surface area (Å²) in [6.45, 7) is 6.59. The quantitative estimate of drug-likeness (QED) is 0.409. The lowest BCUT2D eigenvalue weighted by Gasteiger charge is -2.41. The van der Waals surface area contributed by atoms with Crippen molar-refractivity contribution in [1.29, 1.82) is 0 Å². The van der Waals surface area contributed by atoms with Crippen LogP contribution in [-0.2, 0) is 18.9 Å². The van der Waals surface area contributed by atoms with E-state index in [0.29, 0.717) is 12.2 Å². The highest BCUT2D eigenvalue weighted by molar-refractivity contribution is 6.76. The number of carbonyl (C=O) groups is 2. The molecule has 0 aliphatic carbocycles. The molecule has 1 fully saturated rings. The molecule has 0 spiro atoms. The zero-order valence-electron chi connectivity index (χ0n) is 19.6. The zero-order chi connectivity index (χ0) is 24.7. The van der Waals surface area contributed by atoms with Crippen molar-refractivity contribution >= 4 is 20.0 Å². The molecule has 0 bridgehead atoms. The van der Waals surface area contributed by atoms with Crippen LogP contribution < -0.4 is 0 Å². The first-order valence-corrected chi connectivity index (χ1v) is 15.0. The van der Waals surface area contributed by atoms with E-state index < -0.39 is 50.7 Å². The van der Waals surface area contributed by atoms with E-state index in [2.05, 4.69) is 19.6 Å². The largest absolute Gasteiger partial charge is 0.459 e. The van der Waals surface area contributed by atoms with Gasteiger partial charge < -0.3 is 29.2 Å². The molecule has 0 aromatic heterocycles. The van der Waals surface area contributed by atoms with Crippen LogP contribution in [0.25, 0.3) is 0 Å². The Morgan fingerprint density at radius 3 is 2.00 bits per heavy atom. The van der Waals surface area contributed by atoms with Gasteiger partial charge in [0.05, 0.1) is 11.1 Å². The summed E-state index contributed by atoms with van der Waals surface area (Å²) in [5.74, 6) is -1.29. The Kier molecular flexibility index (Phi) is 8.98. The smallest absolute Gasteiger partial charge is 0.338 e. The molecule has 8 nitrogen and oxygen atoms in total. The highest BCUT2D eigenvalue weighted by Gasteiger charge is 2.48. The first kappa shape index (κ1) is 26.0. The van der Waals surface area contributed by atoms with Crippen LogP contribution in [0.5, 0.6) is 0 Å². The van der Waals surface area contributed by atoms with Gasteiger partial charge in [0, 0.05) is 14.7 Å². The van der Waals surface area contributed by atoms with Crippen molar-refractivity contribution in [3.8, 4) is 0 Å². The number of benzene rings is 2. The lowest BCUT2D eigenvalue weighted by molar-refractivity contribution is -0.299. The molecule has 9 heteroatoms. The molecule has 2 N–H and O–H groups in total. The molecule has 5 atom stereocenters. The summed E-state index contributed by atoms with van der Waals surface area (Å²) in [6, 6.07) is 17.5. The lowest BCUT2D eigenvalue weighted by atomic mass is 9.98. The third-order valence-corrected chi connectivity index (χ3v) is 7.12. The standard InChI is InChI=1S/C25H32O8Si/c1-34(2,3)15-14-30-25-21(27)22(33-24(29)18-12-8-5-9-13-18)20(26)19(32-25)16-31-23(28)17-10-6-4-7-11-17/h4-13,19-22,25-27H,14-16H2,1-3H3/t19?,20-,21?,22-,25+/m0/s1. The number of esters is 2. The van der Waals surface area contributed by atoms with Crippen molar-refractivity contribution < 1.29 is 38.7 Å². The molecule has 2 unspecified atom stereocenters. The highest BCUT2D eigenvalue weighted by Crippen LogP contribution is 2.26. The first-order valence-electron chi connectivity index (χ1n) is 11.3. The van der Waals surface area contributed by atoms with Crippen LogP contribution in [0.15, 0.2) is 60.7 Å². The van der Waals surface area contributed by atoms with Crippen LogP contribution in [0, 0.1) is 0 Å². The van der Waals surface area contributed by atoms with Crippen LogP contribution in [0.1, 0.15) is 20.7 Å². The van der Waals surface area contributed by atoms with Gasteiger partial charge in [-0.15, -0.1) is 0 Å². The van der Waals surface area contributed by atoms with Gasteiger partial charge in [-0.25, -0.2) is 9.59 Å². The minimum absolute atomic E-state index is 0.275. The average Bonchev–Trinajstić information content (AvgIpc) is 2.82. The van der Waals surface area contributed by atoms with Gasteiger partial charge >= 0.3 is 11.9 Å². The monoisotopic (exact) mass is 488 g/mol. The number of hydrogen-bond donors (Lipinski definition) is 2. The third-order valence-electron chi connectivity index (χ3n) is 5.42. The second-order valence-electron chi connectivity index (χ2n) is 9.41. The van der Waals surface area contributed by atoms with Gasteiger partial charge in [-0.3, -0.25) is 0 Å². The summed E-state index contributed by atoms with van der Waals surface area (Å²) in [6.07, 6.45) is -6.43. The van der Waals surface area contributed by atoms with Crippen molar-refractivity contribution in [3.05, 3.63) is 71.8 Å². The van der Waals surface area contributed by atoms with Gasteiger partial charge in [0.15, 0.2) is 12.4 Å². The Bertz CT molecular complexity index is 931. The maximum absolute atomic E-state index is 12.6. The molecule has 3 rings (SSSR count). The van der Waals surface area contributed by atoms with Gasteiger partial charge in [0.2, 0.25) is 0 Å². The van der Waals surface area contributed by atoms with E-state index in [0.717, 1.165) is 6.04 Å². The van der Waals surface area contributed by atoms with Crippen molar-refractivity contribution in [1.82, 2.24) is 0 Å². The fourth-order valence-corrected chi connectivity index (χ4v) is 4.11. The van der Waals surface area contributed by atoms with Crippen molar-refractivity contribution in [2.45, 2.75) is 56.4 Å². The maximum Gasteiger partial charge on any atom is 0.338 e. The molecule has 1 aliphatic rings. The second-order valence-corrected chi connectivity index (χ2v) is 15.0. The fraction of sp³-hybridized carbons (Fsp3) is 0.440. The second kappa shape index (κ2) is 11.7. The normalized spacial score (nSPS) is 24.9. The summed E-state index contributed by atoms with van der Waals surface area (Å²) < 4.78 is 22.3. The van der Waals surface area contributed by atoms with Gasteiger partial charge in [-0.05, 0) is 30.3 Å². The van der Waals surface area contributed by atoms with E-state index >= 15 is 0 Å². The number of hydrogen-bond acceptors (Lipinski definition) is 8. The van der Waals surface area contributed by atoms with E-state index in [1.807, 2.05) is 0 Å². The molecule has 1 heterocycles. The Hall–Kier alpha value is -2.56. The van der Waals surface area contributed by atoms with Crippen LogP contribution in [0.3, 0.4) is 0 Å². The predicted octanol–water partition coefficient (Wildman–Crippen LogP) is 2.87. The molecule has 1 saturated heterocycles. The van der Waals surface area contributed by atoms with Gasteiger partial charge in [0.1, 0.15) is 24.9 Å². The molecule has 34 heavy (non-hydrogen) atoms. The minimum Gasteiger partial charge on any atom is -0.459 e. The number of rotatable bonds is 9. The van der Waals surface area contributed by atoms with E-state index in [-0.39, 0.29) is 12.2 Å². The van der Waals surface area contributed by atoms with E-state index in [1.54, 1.807) is 60.7 Å². The molecule has 2 aromatic rings. The van der Waals surface area contributed by atoms with Crippen molar-refractivity contribution in [3.63, 3.8) is 0 Å². The molecule has 184 valence electrons. The third kappa shape index (κ3) is 7.22. The van der Waals surface area contributed by atoms with Crippen LogP contribution >= 0.6 is 0 Å². The summed E-state index contributed by atoms with van der Waals surface area (Å²) in [5, 5.41) is 21.7. The van der Waals surface area contributed by atoms with Crippen molar-refractivity contribution in [2.24, 2.45) is 0 Å². The molecular formula is C25H32O8Si. The lowest BCUT2D eigenvalue weighted by Crippen LogP contribution is -2.60.